The van der Waals surface area contributed by atoms with Gasteiger partial charge in [-0.05, 0) is 24.8 Å². The highest BCUT2D eigenvalue weighted by Gasteiger charge is 2.60. The van der Waals surface area contributed by atoms with Crippen molar-refractivity contribution in [3.63, 3.8) is 0 Å². The Morgan fingerprint density at radius 3 is 2.83 bits per heavy atom. The number of β-lactam (4-membered cyclic amide) rings is 1. The summed E-state index contributed by atoms with van der Waals surface area (Å²) in [6, 6.07) is -0.361. The summed E-state index contributed by atoms with van der Waals surface area (Å²) in [7, 11) is 0. The molecule has 0 unspecified atom stereocenters. The van der Waals surface area contributed by atoms with Crippen LogP contribution in [0, 0.1) is 11.8 Å². The smallest absolute Gasteiger partial charge is 0.410 e. The fourth-order valence-corrected chi connectivity index (χ4v) is 5.97. The molecular formula is C23H31N3O7S2. The lowest BCUT2D eigenvalue weighted by molar-refractivity contribution is -0.166. The van der Waals surface area contributed by atoms with Gasteiger partial charge < -0.3 is 29.9 Å². The molecule has 0 spiro atoms. The minimum atomic E-state index is -0.854. The predicted octanol–water partition coefficient (Wildman–Crippen LogP) is 2.83. The first kappa shape index (κ1) is 27.2. The SMILES string of the molecule is CCCCCNC(=O)OCOC(=O)C1=C(SC=Cc2scnc2CO)[C@H](C)[C@@H]2[C@@H]([C@@H](C)O)C(=O)N12. The lowest BCUT2D eigenvalue weighted by Crippen LogP contribution is -2.63. The minimum Gasteiger partial charge on any atom is -0.423 e. The van der Waals surface area contributed by atoms with Crippen LogP contribution < -0.4 is 5.32 Å². The Bertz CT molecular complexity index is 992. The lowest BCUT2D eigenvalue weighted by Gasteiger charge is -2.46. The zero-order chi connectivity index (χ0) is 25.5. The van der Waals surface area contributed by atoms with Crippen LogP contribution >= 0.6 is 23.1 Å². The molecule has 0 bridgehead atoms. The molecule has 0 aliphatic carbocycles. The fraction of sp³-hybridized carbons (Fsp3) is 0.565. The van der Waals surface area contributed by atoms with Gasteiger partial charge in [0.05, 0.1) is 40.8 Å². The number of aromatic nitrogens is 1. The van der Waals surface area contributed by atoms with Gasteiger partial charge in [-0.15, -0.1) is 11.3 Å². The van der Waals surface area contributed by atoms with Crippen LogP contribution in [0.15, 0.2) is 21.5 Å². The summed E-state index contributed by atoms with van der Waals surface area (Å²) in [5.41, 5.74) is 2.28. The highest BCUT2D eigenvalue weighted by Crippen LogP contribution is 2.51. The molecular weight excluding hydrogens is 494 g/mol. The number of hydrogen-bond acceptors (Lipinski definition) is 10. The van der Waals surface area contributed by atoms with Crippen LogP contribution in [0.1, 0.15) is 50.6 Å². The molecule has 35 heavy (non-hydrogen) atoms. The van der Waals surface area contributed by atoms with Crippen molar-refractivity contribution in [2.24, 2.45) is 11.8 Å². The summed E-state index contributed by atoms with van der Waals surface area (Å²) in [5.74, 6) is -1.95. The fourth-order valence-electron chi connectivity index (χ4n) is 4.19. The number of amides is 2. The van der Waals surface area contributed by atoms with Crippen molar-refractivity contribution >= 4 is 47.1 Å². The van der Waals surface area contributed by atoms with Crippen molar-refractivity contribution in [2.45, 2.75) is 58.8 Å². The number of esters is 1. The summed E-state index contributed by atoms with van der Waals surface area (Å²) in [5, 5.41) is 23.8. The van der Waals surface area contributed by atoms with E-state index in [-0.39, 0.29) is 30.2 Å². The average molecular weight is 526 g/mol. The van der Waals surface area contributed by atoms with Gasteiger partial charge in [0.2, 0.25) is 12.7 Å². The first-order valence-electron chi connectivity index (χ1n) is 11.5. The molecule has 192 valence electrons. The highest BCUT2D eigenvalue weighted by atomic mass is 32.2. The summed E-state index contributed by atoms with van der Waals surface area (Å²) in [6.07, 6.45) is 3.08. The van der Waals surface area contributed by atoms with Crippen LogP contribution in [0.2, 0.25) is 0 Å². The number of carbonyl (C=O) groups is 3. The molecule has 1 aromatic heterocycles. The van der Waals surface area contributed by atoms with E-state index >= 15 is 0 Å². The number of nitrogens with zero attached hydrogens (tertiary/aromatic N) is 2. The van der Waals surface area contributed by atoms with Gasteiger partial charge in [0, 0.05) is 17.4 Å². The molecule has 2 amide bonds. The molecule has 3 rings (SSSR count). The molecule has 10 nitrogen and oxygen atoms in total. The Hall–Kier alpha value is -2.41. The summed E-state index contributed by atoms with van der Waals surface area (Å²) < 4.78 is 10.1. The zero-order valence-electron chi connectivity index (χ0n) is 19.9. The molecule has 3 N–H and O–H groups in total. The number of aliphatic hydroxyl groups excluding tert-OH is 2. The third-order valence-corrected chi connectivity index (χ3v) is 7.90. The van der Waals surface area contributed by atoms with E-state index in [4.69, 9.17) is 9.47 Å². The molecule has 2 aliphatic heterocycles. The van der Waals surface area contributed by atoms with Crippen LogP contribution in [0.5, 0.6) is 0 Å². The number of unbranched alkanes of at least 4 members (excludes halogenated alkanes) is 2. The molecule has 0 saturated carbocycles. The van der Waals surface area contributed by atoms with Gasteiger partial charge in [0.15, 0.2) is 0 Å². The average Bonchev–Trinajstić information content (AvgIpc) is 3.37. The first-order chi connectivity index (χ1) is 16.8. The van der Waals surface area contributed by atoms with E-state index in [0.717, 1.165) is 24.1 Å². The van der Waals surface area contributed by atoms with Crippen molar-refractivity contribution in [3.05, 3.63) is 32.1 Å². The maximum Gasteiger partial charge on any atom is 0.410 e. The summed E-state index contributed by atoms with van der Waals surface area (Å²) in [6.45, 7) is 5.21. The van der Waals surface area contributed by atoms with Crippen LogP contribution in [-0.4, -0.2) is 63.6 Å². The number of alkyl carbamates (subject to hydrolysis) is 1. The van der Waals surface area contributed by atoms with E-state index in [1.807, 2.05) is 6.92 Å². The number of hydrogen-bond donors (Lipinski definition) is 3. The van der Waals surface area contributed by atoms with Gasteiger partial charge in [0.25, 0.3) is 0 Å². The van der Waals surface area contributed by atoms with E-state index in [1.165, 1.54) is 28.0 Å². The third-order valence-electron chi connectivity index (χ3n) is 5.97. The standard InChI is InChI=1S/C23H31N3O7S2/c1-4-5-6-8-24-23(31)33-12-32-22(30)19-20(34-9-7-16-15(10-27)25-11-35-16)13(2)18-17(14(3)28)21(29)26(18)19/h7,9,11,13-14,17-18,27-28H,4-6,8,10,12H2,1-3H3,(H,24,31)/t13-,14-,17-,18-/m1/s1. The number of aliphatic hydroxyl groups is 2. The van der Waals surface area contributed by atoms with E-state index in [1.54, 1.807) is 23.9 Å². The molecule has 2 aliphatic rings. The zero-order valence-corrected chi connectivity index (χ0v) is 21.6. The third kappa shape index (κ3) is 6.05. The quantitative estimate of drug-likeness (QED) is 0.163. The molecule has 1 fully saturated rings. The maximum atomic E-state index is 13.0. The van der Waals surface area contributed by atoms with Gasteiger partial charge in [-0.3, -0.25) is 4.79 Å². The van der Waals surface area contributed by atoms with Crippen molar-refractivity contribution in [3.8, 4) is 0 Å². The molecule has 0 radical (unpaired) electrons. The Kier molecular flexibility index (Phi) is 9.72. The summed E-state index contributed by atoms with van der Waals surface area (Å²) >= 11 is 2.64. The van der Waals surface area contributed by atoms with Gasteiger partial charge in [0.1, 0.15) is 5.70 Å². The number of carbonyl (C=O) groups excluding carboxylic acids is 3. The van der Waals surface area contributed by atoms with E-state index in [2.05, 4.69) is 17.2 Å². The largest absolute Gasteiger partial charge is 0.423 e. The number of thioether (sulfide) groups is 1. The Morgan fingerprint density at radius 1 is 1.37 bits per heavy atom. The molecule has 1 aromatic rings. The number of fused-ring (bicyclic) bond motifs is 1. The minimum absolute atomic E-state index is 0.0951. The van der Waals surface area contributed by atoms with E-state index in [9.17, 15) is 24.6 Å². The van der Waals surface area contributed by atoms with Crippen LogP contribution in [-0.2, 0) is 25.7 Å². The Morgan fingerprint density at radius 2 is 2.14 bits per heavy atom. The predicted molar refractivity (Wildman–Crippen MR) is 132 cm³/mol. The second-order valence-corrected chi connectivity index (χ2v) is 10.2. The monoisotopic (exact) mass is 525 g/mol. The van der Waals surface area contributed by atoms with Crippen LogP contribution in [0.4, 0.5) is 4.79 Å². The van der Waals surface area contributed by atoms with Gasteiger partial charge >= 0.3 is 12.1 Å². The van der Waals surface area contributed by atoms with Crippen molar-refractivity contribution in [2.75, 3.05) is 13.3 Å². The summed E-state index contributed by atoms with van der Waals surface area (Å²) in [4.78, 5) is 44.3. The van der Waals surface area contributed by atoms with Crippen molar-refractivity contribution in [1.82, 2.24) is 15.2 Å². The molecule has 4 atom stereocenters. The first-order valence-corrected chi connectivity index (χ1v) is 13.3. The van der Waals surface area contributed by atoms with Crippen LogP contribution in [0.25, 0.3) is 6.08 Å². The van der Waals surface area contributed by atoms with Gasteiger partial charge in [-0.1, -0.05) is 38.5 Å². The van der Waals surface area contributed by atoms with Crippen LogP contribution in [0.3, 0.4) is 0 Å². The highest BCUT2D eigenvalue weighted by molar-refractivity contribution is 8.06. The molecule has 1 saturated heterocycles. The Labute approximate surface area is 212 Å². The van der Waals surface area contributed by atoms with Gasteiger partial charge in [-0.2, -0.15) is 0 Å². The second kappa shape index (κ2) is 12.5. The van der Waals surface area contributed by atoms with Gasteiger partial charge in [-0.25, -0.2) is 14.6 Å². The van der Waals surface area contributed by atoms with Crippen molar-refractivity contribution in [1.29, 1.82) is 0 Å². The van der Waals surface area contributed by atoms with E-state index < -0.39 is 30.9 Å². The van der Waals surface area contributed by atoms with E-state index in [0.29, 0.717) is 17.1 Å². The molecule has 12 heteroatoms. The topological polar surface area (TPSA) is 138 Å². The second-order valence-electron chi connectivity index (χ2n) is 8.32. The molecule has 3 heterocycles. The number of thiazole rings is 1. The maximum absolute atomic E-state index is 13.0. The lowest BCUT2D eigenvalue weighted by atomic mass is 9.79. The number of nitrogens with one attached hydrogen (secondary N) is 1. The number of ether oxygens (including phenoxy) is 2. The Balaban J connectivity index is 1.69. The van der Waals surface area contributed by atoms with Crippen molar-refractivity contribution < 1.29 is 34.1 Å². The number of rotatable bonds is 12. The normalized spacial score (nSPS) is 22.3. The molecule has 0 aromatic carbocycles.